The van der Waals surface area contributed by atoms with Crippen LogP contribution in [0.25, 0.3) is 0 Å². The minimum Gasteiger partial charge on any atom is -0.455 e. The molecule has 154 valence electrons. The highest BCUT2D eigenvalue weighted by Gasteiger charge is 2.22. The molecular formula is C27H24N2O2. The van der Waals surface area contributed by atoms with Crippen molar-refractivity contribution in [3.63, 3.8) is 0 Å². The summed E-state index contributed by atoms with van der Waals surface area (Å²) in [6.45, 7) is 1.87. The largest absolute Gasteiger partial charge is 0.455 e. The van der Waals surface area contributed by atoms with E-state index in [1.54, 1.807) is 0 Å². The number of rotatable bonds is 7. The van der Waals surface area contributed by atoms with Gasteiger partial charge in [0.05, 0.1) is 11.4 Å². The van der Waals surface area contributed by atoms with Crippen molar-refractivity contribution < 1.29 is 9.47 Å². The normalized spacial score (nSPS) is 10.8. The van der Waals surface area contributed by atoms with E-state index in [1.807, 2.05) is 104 Å². The molecule has 0 unspecified atom stereocenters. The zero-order valence-electron chi connectivity index (χ0n) is 17.3. The van der Waals surface area contributed by atoms with E-state index in [-0.39, 0.29) is 5.92 Å². The number of ether oxygens (including phenoxy) is 2. The molecule has 4 nitrogen and oxygen atoms in total. The van der Waals surface area contributed by atoms with Crippen molar-refractivity contribution >= 4 is 11.4 Å². The van der Waals surface area contributed by atoms with Crippen LogP contribution in [0.2, 0.25) is 0 Å². The van der Waals surface area contributed by atoms with Gasteiger partial charge < -0.3 is 20.9 Å². The first-order valence-corrected chi connectivity index (χ1v) is 10.1. The molecule has 0 aliphatic heterocycles. The Morgan fingerprint density at radius 1 is 0.581 bits per heavy atom. The number of nitrogens with two attached hydrogens (primary N) is 2. The fourth-order valence-electron chi connectivity index (χ4n) is 3.51. The van der Waals surface area contributed by atoms with E-state index in [1.165, 1.54) is 0 Å². The van der Waals surface area contributed by atoms with Crippen LogP contribution in [-0.2, 0) is 0 Å². The van der Waals surface area contributed by atoms with E-state index in [9.17, 15) is 0 Å². The fraction of sp³-hybridized carbons (Fsp3) is 0.0741. The predicted molar refractivity (Wildman–Crippen MR) is 126 cm³/mol. The molecule has 4 heteroatoms. The third-order valence-electron chi connectivity index (χ3n) is 5.05. The molecule has 0 saturated carbocycles. The van der Waals surface area contributed by atoms with Crippen LogP contribution in [0.4, 0.5) is 11.4 Å². The van der Waals surface area contributed by atoms with Gasteiger partial charge in [-0.1, -0.05) is 67.6 Å². The smallest absolute Gasteiger partial charge is 0.150 e. The van der Waals surface area contributed by atoms with Crippen LogP contribution in [0.3, 0.4) is 0 Å². The Labute approximate surface area is 183 Å². The Morgan fingerprint density at radius 3 is 1.39 bits per heavy atom. The third-order valence-corrected chi connectivity index (χ3v) is 5.05. The summed E-state index contributed by atoms with van der Waals surface area (Å²) >= 11 is 0. The lowest BCUT2D eigenvalue weighted by atomic mass is 9.86. The molecule has 0 aliphatic carbocycles. The van der Waals surface area contributed by atoms with Gasteiger partial charge in [-0.25, -0.2) is 0 Å². The Morgan fingerprint density at radius 2 is 1.00 bits per heavy atom. The SMILES string of the molecule is C[C]C(c1cccc(Oc2ccccc2)c1N)c1cccc(Oc2ccccc2)c1N. The zero-order chi connectivity index (χ0) is 21.6. The van der Waals surface area contributed by atoms with Crippen LogP contribution < -0.4 is 20.9 Å². The Kier molecular flexibility index (Phi) is 6.08. The van der Waals surface area contributed by atoms with Crippen molar-refractivity contribution in [2.24, 2.45) is 0 Å². The van der Waals surface area contributed by atoms with Crippen LogP contribution in [0.15, 0.2) is 97.1 Å². The molecule has 0 fully saturated rings. The highest BCUT2D eigenvalue weighted by molar-refractivity contribution is 5.68. The first-order valence-electron chi connectivity index (χ1n) is 10.1. The average molecular weight is 409 g/mol. The quantitative estimate of drug-likeness (QED) is 0.335. The van der Waals surface area contributed by atoms with Gasteiger partial charge in [-0.3, -0.25) is 0 Å². The summed E-state index contributed by atoms with van der Waals surface area (Å²) in [6.07, 6.45) is 3.33. The van der Waals surface area contributed by atoms with Crippen LogP contribution in [0.1, 0.15) is 24.0 Å². The van der Waals surface area contributed by atoms with Crippen molar-refractivity contribution in [3.05, 3.63) is 115 Å². The maximum absolute atomic E-state index is 6.52. The van der Waals surface area contributed by atoms with Crippen molar-refractivity contribution in [1.82, 2.24) is 0 Å². The van der Waals surface area contributed by atoms with E-state index in [0.717, 1.165) is 22.6 Å². The number of hydrogen-bond donors (Lipinski definition) is 2. The molecule has 0 atom stereocenters. The van der Waals surface area contributed by atoms with Crippen LogP contribution in [0, 0.1) is 6.42 Å². The third kappa shape index (κ3) is 4.48. The van der Waals surface area contributed by atoms with E-state index in [2.05, 4.69) is 6.42 Å². The summed E-state index contributed by atoms with van der Waals surface area (Å²) < 4.78 is 12.0. The molecular weight excluding hydrogens is 384 g/mol. The second-order valence-electron chi connectivity index (χ2n) is 7.07. The lowest BCUT2D eigenvalue weighted by molar-refractivity contribution is 0.484. The van der Waals surface area contributed by atoms with Gasteiger partial charge in [0.1, 0.15) is 11.5 Å². The van der Waals surface area contributed by atoms with Crippen molar-refractivity contribution in [3.8, 4) is 23.0 Å². The van der Waals surface area contributed by atoms with Gasteiger partial charge in [-0.2, -0.15) is 0 Å². The number of para-hydroxylation sites is 4. The van der Waals surface area contributed by atoms with Crippen molar-refractivity contribution in [2.75, 3.05) is 11.5 Å². The average Bonchev–Trinajstić information content (AvgIpc) is 2.80. The van der Waals surface area contributed by atoms with E-state index in [0.29, 0.717) is 22.9 Å². The van der Waals surface area contributed by atoms with Crippen LogP contribution in [-0.4, -0.2) is 0 Å². The summed E-state index contributed by atoms with van der Waals surface area (Å²) in [5.41, 5.74) is 15.9. The molecule has 0 saturated heterocycles. The molecule has 31 heavy (non-hydrogen) atoms. The monoisotopic (exact) mass is 408 g/mol. The minimum absolute atomic E-state index is 0.237. The number of hydrogen-bond acceptors (Lipinski definition) is 4. The molecule has 4 aromatic rings. The van der Waals surface area contributed by atoms with Gasteiger partial charge in [0.25, 0.3) is 0 Å². The number of benzene rings is 4. The van der Waals surface area contributed by atoms with Gasteiger partial charge in [0, 0.05) is 5.92 Å². The van der Waals surface area contributed by atoms with Gasteiger partial charge >= 0.3 is 0 Å². The Balaban J connectivity index is 1.68. The Bertz CT molecular complexity index is 1050. The molecule has 0 spiro atoms. The second kappa shape index (κ2) is 9.26. The Hall–Kier alpha value is -3.92. The molecule has 0 aromatic heterocycles. The summed E-state index contributed by atoms with van der Waals surface area (Å²) in [7, 11) is 0. The number of anilines is 2. The number of nitrogen functional groups attached to an aromatic ring is 2. The van der Waals surface area contributed by atoms with Crippen LogP contribution in [0.5, 0.6) is 23.0 Å². The van der Waals surface area contributed by atoms with E-state index in [4.69, 9.17) is 20.9 Å². The lowest BCUT2D eigenvalue weighted by Gasteiger charge is -2.22. The van der Waals surface area contributed by atoms with Gasteiger partial charge in [-0.15, -0.1) is 0 Å². The maximum atomic E-state index is 6.52. The van der Waals surface area contributed by atoms with Crippen molar-refractivity contribution in [1.29, 1.82) is 0 Å². The van der Waals surface area contributed by atoms with E-state index < -0.39 is 0 Å². The summed E-state index contributed by atoms with van der Waals surface area (Å²) in [6, 6.07) is 30.6. The maximum Gasteiger partial charge on any atom is 0.150 e. The van der Waals surface area contributed by atoms with E-state index >= 15 is 0 Å². The molecule has 4 aromatic carbocycles. The highest BCUT2D eigenvalue weighted by atomic mass is 16.5. The van der Waals surface area contributed by atoms with Gasteiger partial charge in [-0.05, 0) is 53.9 Å². The minimum atomic E-state index is -0.237. The molecule has 4 N–H and O–H groups in total. The second-order valence-corrected chi connectivity index (χ2v) is 7.07. The van der Waals surface area contributed by atoms with Crippen LogP contribution >= 0.6 is 0 Å². The highest BCUT2D eigenvalue weighted by Crippen LogP contribution is 2.42. The molecule has 0 aliphatic rings. The summed E-state index contributed by atoms with van der Waals surface area (Å²) in [5, 5.41) is 0. The first kappa shape index (κ1) is 20.4. The zero-order valence-corrected chi connectivity index (χ0v) is 17.3. The van der Waals surface area contributed by atoms with Gasteiger partial charge in [0.2, 0.25) is 0 Å². The topological polar surface area (TPSA) is 70.5 Å². The predicted octanol–water partition coefficient (Wildman–Crippen LogP) is 6.67. The molecule has 0 heterocycles. The summed E-state index contributed by atoms with van der Waals surface area (Å²) in [5.74, 6) is 2.41. The van der Waals surface area contributed by atoms with Crippen molar-refractivity contribution in [2.45, 2.75) is 12.8 Å². The van der Waals surface area contributed by atoms with Gasteiger partial charge in [0.15, 0.2) is 11.5 Å². The first-order chi connectivity index (χ1) is 15.2. The molecule has 0 amide bonds. The summed E-state index contributed by atoms with van der Waals surface area (Å²) in [4.78, 5) is 0. The standard InChI is InChI=1S/C27H24N2O2/c1-2-21(22-15-9-17-24(26(22)28)30-19-11-5-3-6-12-19)23-16-10-18-25(27(23)29)31-20-13-7-4-8-14-20/h3-18,21H,28-29H2,1H3. The molecule has 0 bridgehead atoms. The molecule has 4 rings (SSSR count). The lowest BCUT2D eigenvalue weighted by Crippen LogP contribution is -2.08. The fourth-order valence-corrected chi connectivity index (χ4v) is 3.51. The molecule has 2 radical (unpaired) electrons.